The first kappa shape index (κ1) is 20.6. The Balaban J connectivity index is 1.84. The molecule has 0 aliphatic heterocycles. The molecule has 1 amide bonds. The molecule has 0 saturated heterocycles. The van der Waals surface area contributed by atoms with E-state index in [0.29, 0.717) is 17.4 Å². The molecule has 8 nitrogen and oxygen atoms in total. The minimum absolute atomic E-state index is 0.0439. The zero-order valence-corrected chi connectivity index (χ0v) is 16.8. The molecule has 1 N–H and O–H groups in total. The van der Waals surface area contributed by atoms with Gasteiger partial charge in [-0.1, -0.05) is 18.2 Å². The SMILES string of the molecule is CC(C)(C)OC(=O)n1c(SC(F)C(=O)Nc2ccccc2)nnc1-c1ccco1. The van der Waals surface area contributed by atoms with Gasteiger partial charge in [-0.25, -0.2) is 13.8 Å². The second-order valence-corrected chi connectivity index (χ2v) is 7.90. The van der Waals surface area contributed by atoms with Crippen LogP contribution >= 0.6 is 11.8 Å². The number of benzene rings is 1. The molecule has 0 aliphatic carbocycles. The molecule has 0 saturated carbocycles. The summed E-state index contributed by atoms with van der Waals surface area (Å²) >= 11 is 0.438. The molecule has 1 aromatic carbocycles. The average Bonchev–Trinajstić information content (AvgIpc) is 3.30. The Hall–Kier alpha value is -3.14. The minimum Gasteiger partial charge on any atom is -0.461 e. The monoisotopic (exact) mass is 418 g/mol. The van der Waals surface area contributed by atoms with E-state index >= 15 is 0 Å². The van der Waals surface area contributed by atoms with Gasteiger partial charge in [0.2, 0.25) is 16.5 Å². The highest BCUT2D eigenvalue weighted by Gasteiger charge is 2.30. The van der Waals surface area contributed by atoms with Crippen LogP contribution in [0.2, 0.25) is 0 Å². The van der Waals surface area contributed by atoms with E-state index in [9.17, 15) is 14.0 Å². The number of nitrogens with one attached hydrogen (secondary N) is 1. The predicted octanol–water partition coefficient (Wildman–Crippen LogP) is 4.35. The molecule has 2 aromatic heterocycles. The van der Waals surface area contributed by atoms with Crippen LogP contribution in [0.3, 0.4) is 0 Å². The Labute approximate surface area is 170 Å². The number of carbonyl (C=O) groups is 2. The third-order valence-corrected chi connectivity index (χ3v) is 4.30. The van der Waals surface area contributed by atoms with Gasteiger partial charge in [-0.3, -0.25) is 4.79 Å². The zero-order valence-electron chi connectivity index (χ0n) is 16.0. The quantitative estimate of drug-likeness (QED) is 0.615. The first-order valence-corrected chi connectivity index (χ1v) is 9.52. The molecular formula is C19H19FN4O4S. The second-order valence-electron chi connectivity index (χ2n) is 6.89. The van der Waals surface area contributed by atoms with E-state index in [4.69, 9.17) is 9.15 Å². The van der Waals surface area contributed by atoms with Gasteiger partial charge in [0.05, 0.1) is 6.26 Å². The van der Waals surface area contributed by atoms with Crippen molar-refractivity contribution < 1.29 is 23.1 Å². The maximum atomic E-state index is 14.6. The maximum absolute atomic E-state index is 14.6. The minimum atomic E-state index is -2.04. The van der Waals surface area contributed by atoms with Gasteiger partial charge >= 0.3 is 6.09 Å². The van der Waals surface area contributed by atoms with Crippen molar-refractivity contribution in [1.29, 1.82) is 0 Å². The fraction of sp³-hybridized carbons (Fsp3) is 0.263. The van der Waals surface area contributed by atoms with Gasteiger partial charge in [0.1, 0.15) is 5.60 Å². The van der Waals surface area contributed by atoms with E-state index in [1.54, 1.807) is 63.2 Å². The molecule has 2 heterocycles. The van der Waals surface area contributed by atoms with E-state index in [0.717, 1.165) is 4.57 Å². The molecular weight excluding hydrogens is 399 g/mol. The molecule has 0 fully saturated rings. The van der Waals surface area contributed by atoms with Gasteiger partial charge < -0.3 is 14.5 Å². The summed E-state index contributed by atoms with van der Waals surface area (Å²) in [6.45, 7) is 5.08. The molecule has 1 atom stereocenters. The van der Waals surface area contributed by atoms with Crippen molar-refractivity contribution >= 4 is 29.4 Å². The maximum Gasteiger partial charge on any atom is 0.422 e. The van der Waals surface area contributed by atoms with Crippen molar-refractivity contribution in [3.8, 4) is 11.6 Å². The van der Waals surface area contributed by atoms with Crippen LogP contribution in [-0.2, 0) is 9.53 Å². The molecule has 0 bridgehead atoms. The molecule has 3 aromatic rings. The highest BCUT2D eigenvalue weighted by atomic mass is 32.2. The van der Waals surface area contributed by atoms with Crippen LogP contribution in [-0.4, -0.2) is 37.9 Å². The number of anilines is 1. The van der Waals surface area contributed by atoms with Crippen molar-refractivity contribution in [3.05, 3.63) is 48.7 Å². The second kappa shape index (κ2) is 8.48. The fourth-order valence-electron chi connectivity index (χ4n) is 2.25. The van der Waals surface area contributed by atoms with Crippen molar-refractivity contribution in [2.24, 2.45) is 0 Å². The lowest BCUT2D eigenvalue weighted by Crippen LogP contribution is -2.28. The van der Waals surface area contributed by atoms with Crippen molar-refractivity contribution in [1.82, 2.24) is 14.8 Å². The number of alkyl halides is 1. The molecule has 3 rings (SSSR count). The summed E-state index contributed by atoms with van der Waals surface area (Å²) < 4.78 is 26.2. The number of hydrogen-bond acceptors (Lipinski definition) is 7. The van der Waals surface area contributed by atoms with Crippen LogP contribution in [0.1, 0.15) is 20.8 Å². The molecule has 0 aliphatic rings. The van der Waals surface area contributed by atoms with E-state index in [1.165, 1.54) is 6.26 Å². The van der Waals surface area contributed by atoms with E-state index in [1.807, 2.05) is 0 Å². The largest absolute Gasteiger partial charge is 0.461 e. The molecule has 10 heteroatoms. The van der Waals surface area contributed by atoms with Crippen molar-refractivity contribution in [3.63, 3.8) is 0 Å². The third kappa shape index (κ3) is 5.23. The topological polar surface area (TPSA) is 99.2 Å². The number of para-hydroxylation sites is 1. The summed E-state index contributed by atoms with van der Waals surface area (Å²) in [4.78, 5) is 24.8. The highest BCUT2D eigenvalue weighted by Crippen LogP contribution is 2.29. The molecule has 1 unspecified atom stereocenters. The smallest absolute Gasteiger partial charge is 0.422 e. The van der Waals surface area contributed by atoms with E-state index < -0.39 is 23.1 Å². The first-order chi connectivity index (χ1) is 13.7. The summed E-state index contributed by atoms with van der Waals surface area (Å²) in [5.74, 6) is -0.596. The fourth-order valence-corrected chi connectivity index (χ4v) is 2.96. The number of nitrogens with zero attached hydrogens (tertiary/aromatic N) is 3. The number of rotatable bonds is 5. The number of amides is 1. The Morgan fingerprint density at radius 1 is 1.17 bits per heavy atom. The lowest BCUT2D eigenvalue weighted by Gasteiger charge is -2.20. The van der Waals surface area contributed by atoms with Crippen LogP contribution in [0.4, 0.5) is 14.9 Å². The van der Waals surface area contributed by atoms with Crippen LogP contribution in [0, 0.1) is 0 Å². The normalized spacial score (nSPS) is 12.4. The molecule has 0 radical (unpaired) electrons. The van der Waals surface area contributed by atoms with Gasteiger partial charge in [-0.2, -0.15) is 0 Å². The first-order valence-electron chi connectivity index (χ1n) is 8.64. The predicted molar refractivity (Wildman–Crippen MR) is 105 cm³/mol. The Bertz CT molecular complexity index is 984. The summed E-state index contributed by atoms with van der Waals surface area (Å²) in [6, 6.07) is 11.7. The van der Waals surface area contributed by atoms with Crippen LogP contribution in [0.5, 0.6) is 0 Å². The summed E-state index contributed by atoms with van der Waals surface area (Å²) in [7, 11) is 0. The summed E-state index contributed by atoms with van der Waals surface area (Å²) in [5.41, 5.74) is -2.39. The lowest BCUT2D eigenvalue weighted by atomic mass is 10.2. The van der Waals surface area contributed by atoms with Crippen molar-refractivity contribution in [2.75, 3.05) is 5.32 Å². The highest BCUT2D eigenvalue weighted by molar-refractivity contribution is 8.00. The van der Waals surface area contributed by atoms with E-state index in [2.05, 4.69) is 15.5 Å². The van der Waals surface area contributed by atoms with Crippen LogP contribution in [0.15, 0.2) is 58.3 Å². The third-order valence-electron chi connectivity index (χ3n) is 3.41. The van der Waals surface area contributed by atoms with Crippen LogP contribution < -0.4 is 5.32 Å². The number of thioether (sulfide) groups is 1. The summed E-state index contributed by atoms with van der Waals surface area (Å²) in [6.07, 6.45) is 0.591. The Morgan fingerprint density at radius 3 is 2.52 bits per heavy atom. The molecule has 152 valence electrons. The number of hydrogen-bond donors (Lipinski definition) is 1. The standard InChI is InChI=1S/C19H19FN4O4S/c1-19(2,3)28-18(26)24-15(13-10-7-11-27-13)22-23-17(24)29-14(20)16(25)21-12-8-5-4-6-9-12/h4-11,14H,1-3H3,(H,21,25). The lowest BCUT2D eigenvalue weighted by molar-refractivity contribution is -0.118. The molecule has 29 heavy (non-hydrogen) atoms. The van der Waals surface area contributed by atoms with Gasteiger partial charge in [-0.15, -0.1) is 10.2 Å². The van der Waals surface area contributed by atoms with Gasteiger partial charge in [-0.05, 0) is 56.8 Å². The number of halogens is 1. The number of furan rings is 1. The van der Waals surface area contributed by atoms with Crippen molar-refractivity contribution in [2.45, 2.75) is 37.0 Å². The average molecular weight is 418 g/mol. The number of ether oxygens (including phenoxy) is 1. The summed E-state index contributed by atoms with van der Waals surface area (Å²) in [5, 5.41) is 10.1. The Morgan fingerprint density at radius 2 is 1.90 bits per heavy atom. The van der Waals surface area contributed by atoms with Gasteiger partial charge in [0, 0.05) is 5.69 Å². The zero-order chi connectivity index (χ0) is 21.0. The number of aromatic nitrogens is 3. The van der Waals surface area contributed by atoms with Gasteiger partial charge in [0.25, 0.3) is 5.91 Å². The van der Waals surface area contributed by atoms with E-state index in [-0.39, 0.29) is 16.7 Å². The molecule has 0 spiro atoms. The number of carbonyl (C=O) groups excluding carboxylic acids is 2. The van der Waals surface area contributed by atoms with Crippen LogP contribution in [0.25, 0.3) is 11.6 Å². The van der Waals surface area contributed by atoms with Gasteiger partial charge in [0.15, 0.2) is 5.76 Å². The Kier molecular flexibility index (Phi) is 6.02.